The third-order valence-corrected chi connectivity index (χ3v) is 4.73. The molecule has 1 amide bonds. The fourth-order valence-electron chi connectivity index (χ4n) is 1.88. The Balaban J connectivity index is 2.33. The number of amides is 1. The van der Waals surface area contributed by atoms with Crippen molar-refractivity contribution in [3.63, 3.8) is 0 Å². The van der Waals surface area contributed by atoms with E-state index in [1.807, 2.05) is 43.3 Å². The summed E-state index contributed by atoms with van der Waals surface area (Å²) in [6.45, 7) is 0. The fraction of sp³-hybridized carbons (Fsp3) is 0.286. The second-order valence-corrected chi connectivity index (χ2v) is 6.45. The van der Waals surface area contributed by atoms with E-state index in [1.54, 1.807) is 19.0 Å². The standard InChI is InChI=1S/C14H16BrN3OS/c1-16-14-18(4)13(19)12(20-14)8-9-5-6-11(17(2)3)10(15)7-9/h5-8H,1-4H3/b12-8+,16-14?. The second kappa shape index (κ2) is 6.01. The van der Waals surface area contributed by atoms with Crippen LogP contribution >= 0.6 is 27.7 Å². The first kappa shape index (κ1) is 15.1. The van der Waals surface area contributed by atoms with E-state index in [1.165, 1.54) is 11.8 Å². The van der Waals surface area contributed by atoms with Crippen LogP contribution in [0.1, 0.15) is 5.56 Å². The third-order valence-electron chi connectivity index (χ3n) is 2.95. The van der Waals surface area contributed by atoms with E-state index < -0.39 is 0 Å². The van der Waals surface area contributed by atoms with Crippen LogP contribution in [0.25, 0.3) is 6.08 Å². The Morgan fingerprint density at radius 1 is 1.40 bits per heavy atom. The Morgan fingerprint density at radius 2 is 2.10 bits per heavy atom. The molecular weight excluding hydrogens is 338 g/mol. The first-order valence-corrected chi connectivity index (χ1v) is 7.66. The van der Waals surface area contributed by atoms with E-state index in [0.717, 1.165) is 20.9 Å². The van der Waals surface area contributed by atoms with Gasteiger partial charge in [-0.25, -0.2) is 0 Å². The van der Waals surface area contributed by atoms with Gasteiger partial charge in [-0.3, -0.25) is 14.7 Å². The highest BCUT2D eigenvalue weighted by Crippen LogP contribution is 2.33. The van der Waals surface area contributed by atoms with E-state index in [0.29, 0.717) is 4.91 Å². The molecule has 1 aromatic rings. The first-order chi connectivity index (χ1) is 9.43. The number of halogens is 1. The lowest BCUT2D eigenvalue weighted by atomic mass is 10.2. The average molecular weight is 354 g/mol. The first-order valence-electron chi connectivity index (χ1n) is 6.05. The molecule has 1 aliphatic heterocycles. The zero-order valence-corrected chi connectivity index (χ0v) is 14.2. The van der Waals surface area contributed by atoms with Crippen molar-refractivity contribution >= 4 is 50.5 Å². The van der Waals surface area contributed by atoms with Gasteiger partial charge in [0.05, 0.1) is 10.6 Å². The van der Waals surface area contributed by atoms with E-state index in [-0.39, 0.29) is 5.91 Å². The molecule has 2 rings (SSSR count). The Morgan fingerprint density at radius 3 is 2.60 bits per heavy atom. The molecule has 0 bridgehead atoms. The number of amidine groups is 1. The minimum Gasteiger partial charge on any atom is -0.377 e. The van der Waals surface area contributed by atoms with E-state index in [9.17, 15) is 4.79 Å². The molecule has 4 nitrogen and oxygen atoms in total. The minimum absolute atomic E-state index is 0.0107. The summed E-state index contributed by atoms with van der Waals surface area (Å²) < 4.78 is 1.00. The predicted molar refractivity (Wildman–Crippen MR) is 90.2 cm³/mol. The summed E-state index contributed by atoms with van der Waals surface area (Å²) in [5.74, 6) is -0.0107. The topological polar surface area (TPSA) is 35.9 Å². The highest BCUT2D eigenvalue weighted by Gasteiger charge is 2.29. The van der Waals surface area contributed by atoms with Crippen molar-refractivity contribution in [2.24, 2.45) is 4.99 Å². The highest BCUT2D eigenvalue weighted by atomic mass is 79.9. The molecule has 1 heterocycles. The largest absolute Gasteiger partial charge is 0.377 e. The molecule has 0 unspecified atom stereocenters. The molecule has 0 saturated carbocycles. The van der Waals surface area contributed by atoms with Crippen LogP contribution < -0.4 is 4.90 Å². The van der Waals surface area contributed by atoms with Gasteiger partial charge in [-0.1, -0.05) is 6.07 Å². The zero-order chi connectivity index (χ0) is 14.9. The Labute approximate surface area is 131 Å². The number of carbonyl (C=O) groups excluding carboxylic acids is 1. The van der Waals surface area contributed by atoms with Gasteiger partial charge in [0.25, 0.3) is 5.91 Å². The number of carbonyl (C=O) groups is 1. The maximum atomic E-state index is 12.1. The summed E-state index contributed by atoms with van der Waals surface area (Å²) in [6, 6.07) is 6.04. The van der Waals surface area contributed by atoms with Crippen molar-refractivity contribution in [1.82, 2.24) is 4.90 Å². The van der Waals surface area contributed by atoms with Crippen LogP contribution in [0.4, 0.5) is 5.69 Å². The van der Waals surface area contributed by atoms with Gasteiger partial charge < -0.3 is 4.90 Å². The molecular formula is C14H16BrN3OS. The van der Waals surface area contributed by atoms with Crippen LogP contribution in [0.2, 0.25) is 0 Å². The maximum absolute atomic E-state index is 12.1. The van der Waals surface area contributed by atoms with Crippen molar-refractivity contribution in [1.29, 1.82) is 0 Å². The lowest BCUT2D eigenvalue weighted by Gasteiger charge is -2.14. The van der Waals surface area contributed by atoms with Gasteiger partial charge in [0.2, 0.25) is 0 Å². The highest BCUT2D eigenvalue weighted by molar-refractivity contribution is 9.10. The summed E-state index contributed by atoms with van der Waals surface area (Å²) in [4.78, 5) is 20.5. The van der Waals surface area contributed by atoms with Crippen LogP contribution in [0.15, 0.2) is 32.6 Å². The van der Waals surface area contributed by atoms with Gasteiger partial charge >= 0.3 is 0 Å². The van der Waals surface area contributed by atoms with Crippen molar-refractivity contribution < 1.29 is 4.79 Å². The molecule has 20 heavy (non-hydrogen) atoms. The number of anilines is 1. The lowest BCUT2D eigenvalue weighted by Crippen LogP contribution is -2.23. The molecule has 106 valence electrons. The normalized spacial score (nSPS) is 19.2. The van der Waals surface area contributed by atoms with Gasteiger partial charge in [-0.15, -0.1) is 0 Å². The fourth-order valence-corrected chi connectivity index (χ4v) is 3.55. The van der Waals surface area contributed by atoms with Crippen molar-refractivity contribution in [3.8, 4) is 0 Å². The summed E-state index contributed by atoms with van der Waals surface area (Å²) in [7, 11) is 7.42. The predicted octanol–water partition coefficient (Wildman–Crippen LogP) is 3.05. The maximum Gasteiger partial charge on any atom is 0.266 e. The van der Waals surface area contributed by atoms with Gasteiger partial charge in [0.15, 0.2) is 5.17 Å². The summed E-state index contributed by atoms with van der Waals surface area (Å²) >= 11 is 4.95. The number of likely N-dealkylation sites (N-methyl/N-ethyl adjacent to an activating group) is 1. The number of nitrogens with zero attached hydrogens (tertiary/aromatic N) is 3. The third kappa shape index (κ3) is 2.91. The Hall–Kier alpha value is -1.27. The number of hydrogen-bond donors (Lipinski definition) is 0. The molecule has 6 heteroatoms. The quantitative estimate of drug-likeness (QED) is 0.766. The van der Waals surface area contributed by atoms with E-state index in [4.69, 9.17) is 0 Å². The molecule has 0 aliphatic carbocycles. The number of benzene rings is 1. The van der Waals surface area contributed by atoms with Gasteiger partial charge in [0.1, 0.15) is 0 Å². The smallest absolute Gasteiger partial charge is 0.266 e. The summed E-state index contributed by atoms with van der Waals surface area (Å²) in [5.41, 5.74) is 2.09. The van der Waals surface area contributed by atoms with Crippen LogP contribution in [-0.2, 0) is 4.79 Å². The Bertz CT molecular complexity index is 610. The van der Waals surface area contributed by atoms with Gasteiger partial charge in [0, 0.05) is 32.7 Å². The number of thioether (sulfide) groups is 1. The zero-order valence-electron chi connectivity index (χ0n) is 11.8. The van der Waals surface area contributed by atoms with Crippen LogP contribution in [0.3, 0.4) is 0 Å². The van der Waals surface area contributed by atoms with E-state index >= 15 is 0 Å². The molecule has 0 atom stereocenters. The van der Waals surface area contributed by atoms with Crippen LogP contribution in [0.5, 0.6) is 0 Å². The Kier molecular flexibility index (Phi) is 4.55. The molecule has 0 N–H and O–H groups in total. The molecule has 0 radical (unpaired) electrons. The summed E-state index contributed by atoms with van der Waals surface area (Å²) in [5, 5.41) is 0.727. The summed E-state index contributed by atoms with van der Waals surface area (Å²) in [6.07, 6.45) is 1.89. The monoisotopic (exact) mass is 353 g/mol. The average Bonchev–Trinajstić information content (AvgIpc) is 2.66. The molecule has 1 fully saturated rings. The second-order valence-electron chi connectivity index (χ2n) is 4.59. The molecule has 0 aromatic heterocycles. The van der Waals surface area contributed by atoms with Crippen LogP contribution in [0, 0.1) is 0 Å². The van der Waals surface area contributed by atoms with Crippen molar-refractivity contribution in [2.75, 3.05) is 33.1 Å². The molecule has 1 aromatic carbocycles. The van der Waals surface area contributed by atoms with Crippen molar-refractivity contribution in [3.05, 3.63) is 33.1 Å². The lowest BCUT2D eigenvalue weighted by molar-refractivity contribution is -0.121. The molecule has 0 spiro atoms. The molecule has 1 aliphatic rings. The van der Waals surface area contributed by atoms with E-state index in [2.05, 4.69) is 20.9 Å². The minimum atomic E-state index is -0.0107. The molecule has 1 saturated heterocycles. The van der Waals surface area contributed by atoms with Gasteiger partial charge in [-0.2, -0.15) is 0 Å². The SMILES string of the molecule is CN=C1S/C(=C/c2ccc(N(C)C)c(Br)c2)C(=O)N1C. The number of aliphatic imine (C=N–C) groups is 1. The van der Waals surface area contributed by atoms with Crippen LogP contribution in [-0.4, -0.2) is 44.2 Å². The van der Waals surface area contributed by atoms with Crippen molar-refractivity contribution in [2.45, 2.75) is 0 Å². The number of hydrogen-bond acceptors (Lipinski definition) is 4. The number of rotatable bonds is 2. The van der Waals surface area contributed by atoms with Gasteiger partial charge in [-0.05, 0) is 51.5 Å².